The van der Waals surface area contributed by atoms with E-state index in [2.05, 4.69) is 69.0 Å². The molecule has 2 N–H and O–H groups in total. The summed E-state index contributed by atoms with van der Waals surface area (Å²) in [6.07, 6.45) is 6.50. The standard InChI is InChI=1S/C23H37N7O.HI/c1-24-23(25-15-21(28(2)3)19-14-27-29(4)17-19)26-16-22(30-11-6-7-12-30)18-9-8-10-20(13-18)31-5;/h8-10,13-14,17,21-22H,6-7,11-12,15-16H2,1-5H3,(H2,24,25,26);1H. The fraction of sp³-hybridized carbons (Fsp3) is 0.565. The molecular formula is C23H38IN7O. The summed E-state index contributed by atoms with van der Waals surface area (Å²) >= 11 is 0. The number of ether oxygens (including phenoxy) is 1. The maximum atomic E-state index is 5.46. The van der Waals surface area contributed by atoms with Gasteiger partial charge in [0.25, 0.3) is 0 Å². The highest BCUT2D eigenvalue weighted by atomic mass is 127. The summed E-state index contributed by atoms with van der Waals surface area (Å²) in [6, 6.07) is 8.89. The molecule has 1 fully saturated rings. The fourth-order valence-electron chi connectivity index (χ4n) is 4.18. The van der Waals surface area contributed by atoms with Gasteiger partial charge in [-0.3, -0.25) is 14.6 Å². The Bertz CT molecular complexity index is 848. The average Bonchev–Trinajstić information content (AvgIpc) is 3.45. The van der Waals surface area contributed by atoms with E-state index in [0.717, 1.165) is 37.9 Å². The number of likely N-dealkylation sites (N-methyl/N-ethyl adjacent to an activating group) is 1. The van der Waals surface area contributed by atoms with Gasteiger partial charge in [-0.1, -0.05) is 12.1 Å². The van der Waals surface area contributed by atoms with Crippen molar-refractivity contribution in [1.29, 1.82) is 0 Å². The molecule has 9 heteroatoms. The zero-order valence-corrected chi connectivity index (χ0v) is 22.2. The number of likely N-dealkylation sites (tertiary alicyclic amines) is 1. The van der Waals surface area contributed by atoms with Gasteiger partial charge in [0.05, 0.1) is 25.4 Å². The second-order valence-corrected chi connectivity index (χ2v) is 8.30. The Morgan fingerprint density at radius 2 is 1.91 bits per heavy atom. The molecule has 2 heterocycles. The van der Waals surface area contributed by atoms with Crippen LogP contribution in [0.3, 0.4) is 0 Å². The van der Waals surface area contributed by atoms with Gasteiger partial charge in [-0.05, 0) is 57.7 Å². The lowest BCUT2D eigenvalue weighted by Gasteiger charge is -2.30. The number of methoxy groups -OCH3 is 1. The van der Waals surface area contributed by atoms with Crippen LogP contribution in [0.25, 0.3) is 0 Å². The maximum Gasteiger partial charge on any atom is 0.191 e. The molecule has 1 aliphatic rings. The molecule has 0 aliphatic carbocycles. The molecule has 178 valence electrons. The first-order chi connectivity index (χ1) is 15.0. The molecule has 2 atom stereocenters. The Kier molecular flexibility index (Phi) is 10.7. The molecule has 1 aromatic heterocycles. The quantitative estimate of drug-likeness (QED) is 0.282. The van der Waals surface area contributed by atoms with Crippen LogP contribution < -0.4 is 15.4 Å². The van der Waals surface area contributed by atoms with Crippen molar-refractivity contribution in [3.8, 4) is 5.75 Å². The maximum absolute atomic E-state index is 5.46. The van der Waals surface area contributed by atoms with Gasteiger partial charge in [-0.15, -0.1) is 24.0 Å². The number of guanidine groups is 1. The normalized spacial score (nSPS) is 16.5. The highest BCUT2D eigenvalue weighted by Crippen LogP contribution is 2.27. The van der Waals surface area contributed by atoms with Crippen molar-refractivity contribution in [2.75, 3.05) is 54.4 Å². The SMILES string of the molecule is CN=C(NCC(c1cnn(C)c1)N(C)C)NCC(c1cccc(OC)c1)N1CCCC1.I. The second kappa shape index (κ2) is 13.0. The third-order valence-corrected chi connectivity index (χ3v) is 5.94. The van der Waals surface area contributed by atoms with Crippen LogP contribution in [-0.4, -0.2) is 80.0 Å². The van der Waals surface area contributed by atoms with Gasteiger partial charge >= 0.3 is 0 Å². The average molecular weight is 556 g/mol. The van der Waals surface area contributed by atoms with Crippen molar-refractivity contribution in [3.63, 3.8) is 0 Å². The molecule has 0 bridgehead atoms. The highest BCUT2D eigenvalue weighted by molar-refractivity contribution is 14.0. The van der Waals surface area contributed by atoms with Crippen molar-refractivity contribution in [1.82, 2.24) is 30.2 Å². The van der Waals surface area contributed by atoms with Crippen molar-refractivity contribution < 1.29 is 4.74 Å². The van der Waals surface area contributed by atoms with Crippen molar-refractivity contribution in [2.24, 2.45) is 12.0 Å². The van der Waals surface area contributed by atoms with Gasteiger partial charge in [0.15, 0.2) is 5.96 Å². The van der Waals surface area contributed by atoms with Crippen LogP contribution in [0.15, 0.2) is 41.7 Å². The van der Waals surface area contributed by atoms with Gasteiger partial charge in [-0.2, -0.15) is 5.10 Å². The van der Waals surface area contributed by atoms with E-state index in [9.17, 15) is 0 Å². The van der Waals surface area contributed by atoms with E-state index < -0.39 is 0 Å². The van der Waals surface area contributed by atoms with Gasteiger partial charge in [-0.25, -0.2) is 0 Å². The number of hydrogen-bond donors (Lipinski definition) is 2. The Labute approximate surface area is 209 Å². The first-order valence-corrected chi connectivity index (χ1v) is 11.0. The van der Waals surface area contributed by atoms with Crippen molar-refractivity contribution >= 4 is 29.9 Å². The number of hydrogen-bond acceptors (Lipinski definition) is 5. The summed E-state index contributed by atoms with van der Waals surface area (Å²) in [7, 11) is 9.66. The summed E-state index contributed by atoms with van der Waals surface area (Å²) in [5, 5.41) is 11.4. The minimum absolute atomic E-state index is 0. The number of halogens is 1. The van der Waals surface area contributed by atoms with Crippen LogP contribution in [0.4, 0.5) is 0 Å². The molecule has 8 nitrogen and oxygen atoms in total. The monoisotopic (exact) mass is 555 g/mol. The van der Waals surface area contributed by atoms with Crippen molar-refractivity contribution in [3.05, 3.63) is 47.8 Å². The zero-order valence-electron chi connectivity index (χ0n) is 19.9. The molecule has 1 aromatic carbocycles. The summed E-state index contributed by atoms with van der Waals surface area (Å²) in [5.74, 6) is 1.71. The Morgan fingerprint density at radius 1 is 1.19 bits per heavy atom. The first-order valence-electron chi connectivity index (χ1n) is 11.0. The minimum Gasteiger partial charge on any atom is -0.497 e. The van der Waals surface area contributed by atoms with E-state index >= 15 is 0 Å². The molecule has 3 rings (SSSR count). The molecule has 1 aliphatic heterocycles. The van der Waals surface area contributed by atoms with Gasteiger partial charge in [0, 0.05) is 38.9 Å². The number of benzene rings is 1. The predicted molar refractivity (Wildman–Crippen MR) is 141 cm³/mol. The van der Waals surface area contributed by atoms with E-state index in [1.54, 1.807) is 7.11 Å². The first kappa shape index (κ1) is 26.4. The molecule has 1 saturated heterocycles. The molecule has 2 unspecified atom stereocenters. The Hall–Kier alpha value is -1.85. The number of nitrogens with zero attached hydrogens (tertiary/aromatic N) is 5. The molecule has 0 amide bonds. The smallest absolute Gasteiger partial charge is 0.191 e. The van der Waals surface area contributed by atoms with Crippen LogP contribution in [0.2, 0.25) is 0 Å². The largest absolute Gasteiger partial charge is 0.497 e. The lowest BCUT2D eigenvalue weighted by Crippen LogP contribution is -2.45. The number of rotatable bonds is 9. The molecule has 0 radical (unpaired) electrons. The Morgan fingerprint density at radius 3 is 2.50 bits per heavy atom. The minimum atomic E-state index is 0. The number of aryl methyl sites for hydroxylation is 1. The van der Waals surface area contributed by atoms with Crippen LogP contribution in [0, 0.1) is 0 Å². The third-order valence-electron chi connectivity index (χ3n) is 5.94. The lowest BCUT2D eigenvalue weighted by atomic mass is 10.1. The van der Waals surface area contributed by atoms with Crippen LogP contribution in [-0.2, 0) is 7.05 Å². The van der Waals surface area contributed by atoms with Crippen LogP contribution in [0.1, 0.15) is 36.1 Å². The van der Waals surface area contributed by atoms with E-state index in [1.807, 2.05) is 31.0 Å². The number of aromatic nitrogens is 2. The van der Waals surface area contributed by atoms with E-state index in [-0.39, 0.29) is 36.1 Å². The second-order valence-electron chi connectivity index (χ2n) is 8.30. The summed E-state index contributed by atoms with van der Waals surface area (Å²) in [6.45, 7) is 3.77. The van der Waals surface area contributed by atoms with Crippen LogP contribution >= 0.6 is 24.0 Å². The fourth-order valence-corrected chi connectivity index (χ4v) is 4.18. The highest BCUT2D eigenvalue weighted by Gasteiger charge is 2.24. The molecule has 0 spiro atoms. The van der Waals surface area contributed by atoms with E-state index in [4.69, 9.17) is 4.74 Å². The molecule has 32 heavy (non-hydrogen) atoms. The molecule has 0 saturated carbocycles. The van der Waals surface area contributed by atoms with Gasteiger partial charge in [0.2, 0.25) is 0 Å². The van der Waals surface area contributed by atoms with Gasteiger partial charge < -0.3 is 20.3 Å². The molecular weight excluding hydrogens is 517 g/mol. The summed E-state index contributed by atoms with van der Waals surface area (Å²) < 4.78 is 7.30. The lowest BCUT2D eigenvalue weighted by molar-refractivity contribution is 0.244. The topological polar surface area (TPSA) is 70.0 Å². The van der Waals surface area contributed by atoms with E-state index in [0.29, 0.717) is 0 Å². The third kappa shape index (κ3) is 7.08. The van der Waals surface area contributed by atoms with Crippen LogP contribution in [0.5, 0.6) is 5.75 Å². The van der Waals surface area contributed by atoms with Crippen molar-refractivity contribution in [2.45, 2.75) is 24.9 Å². The molecule has 2 aromatic rings. The van der Waals surface area contributed by atoms with E-state index in [1.165, 1.54) is 24.0 Å². The number of aliphatic imine (C=N–C) groups is 1. The number of nitrogens with one attached hydrogen (secondary N) is 2. The summed E-state index contributed by atoms with van der Waals surface area (Å²) in [5.41, 5.74) is 2.45. The zero-order chi connectivity index (χ0) is 22.2. The Balaban J connectivity index is 0.00000363. The predicted octanol–water partition coefficient (Wildman–Crippen LogP) is 2.65. The van der Waals surface area contributed by atoms with Gasteiger partial charge in [0.1, 0.15) is 5.75 Å². The summed E-state index contributed by atoms with van der Waals surface area (Å²) in [4.78, 5) is 9.20.